The van der Waals surface area contributed by atoms with E-state index in [1.807, 2.05) is 0 Å². The van der Waals surface area contributed by atoms with E-state index < -0.39 is 37.4 Å². The molecule has 1 aromatic carbocycles. The molecule has 7 nitrogen and oxygen atoms in total. The van der Waals surface area contributed by atoms with Crippen LogP contribution in [0.15, 0.2) is 23.1 Å². The average Bonchev–Trinajstić information content (AvgIpc) is 2.28. The number of aliphatic hydroxyl groups is 1. The quantitative estimate of drug-likeness (QED) is 0.595. The van der Waals surface area contributed by atoms with E-state index in [2.05, 4.69) is 4.72 Å². The van der Waals surface area contributed by atoms with Gasteiger partial charge in [-0.3, -0.25) is 10.1 Å². The Morgan fingerprint density at radius 3 is 2.68 bits per heavy atom. The van der Waals surface area contributed by atoms with Gasteiger partial charge in [-0.1, -0.05) is 0 Å². The molecule has 1 aromatic rings. The maximum absolute atomic E-state index is 13.1. The molecule has 1 unspecified atom stereocenters. The molecule has 2 N–H and O–H groups in total. The van der Waals surface area contributed by atoms with Crippen LogP contribution in [-0.4, -0.2) is 31.1 Å². The lowest BCUT2D eigenvalue weighted by molar-refractivity contribution is -0.387. The summed E-state index contributed by atoms with van der Waals surface area (Å²) in [6.07, 6.45) is 0.197. The molecule has 0 radical (unpaired) electrons. The lowest BCUT2D eigenvalue weighted by atomic mass is 10.3. The van der Waals surface area contributed by atoms with Crippen LogP contribution < -0.4 is 4.72 Å². The zero-order valence-electron chi connectivity index (χ0n) is 10.0. The van der Waals surface area contributed by atoms with Gasteiger partial charge >= 0.3 is 5.69 Å². The molecule has 0 saturated carbocycles. The van der Waals surface area contributed by atoms with Crippen molar-refractivity contribution in [2.45, 2.75) is 24.3 Å². The molecule has 0 aromatic heterocycles. The Morgan fingerprint density at radius 2 is 2.16 bits per heavy atom. The summed E-state index contributed by atoms with van der Waals surface area (Å²) in [4.78, 5) is 9.15. The van der Waals surface area contributed by atoms with E-state index in [0.717, 1.165) is 12.1 Å². The van der Waals surface area contributed by atoms with Crippen molar-refractivity contribution < 1.29 is 22.8 Å². The number of aliphatic hydroxyl groups excluding tert-OH is 1. The SMILES string of the molecule is CC(CCO)NS(=O)(=O)c1ccc(F)c([N+](=O)[O-])c1. The third-order valence-electron chi connectivity index (χ3n) is 2.34. The standard InChI is InChI=1S/C10H13FN2O5S/c1-7(4-5-14)12-19(17,18)8-2-3-9(11)10(6-8)13(15)16/h2-3,6-7,12,14H,4-5H2,1H3. The van der Waals surface area contributed by atoms with Crippen LogP contribution in [-0.2, 0) is 10.0 Å². The van der Waals surface area contributed by atoms with Gasteiger partial charge in [0.1, 0.15) is 0 Å². The van der Waals surface area contributed by atoms with Gasteiger partial charge in [0, 0.05) is 18.7 Å². The minimum Gasteiger partial charge on any atom is -0.396 e. The molecule has 0 saturated heterocycles. The van der Waals surface area contributed by atoms with Crippen LogP contribution in [0.4, 0.5) is 10.1 Å². The Balaban J connectivity index is 3.08. The Morgan fingerprint density at radius 1 is 1.53 bits per heavy atom. The van der Waals surface area contributed by atoms with Gasteiger partial charge < -0.3 is 5.11 Å². The molecular weight excluding hydrogens is 279 g/mol. The van der Waals surface area contributed by atoms with Gasteiger partial charge in [0.2, 0.25) is 15.8 Å². The molecule has 0 bridgehead atoms. The highest BCUT2D eigenvalue weighted by Gasteiger charge is 2.22. The van der Waals surface area contributed by atoms with Crippen LogP contribution in [0.1, 0.15) is 13.3 Å². The molecule has 9 heteroatoms. The number of nitrogens with zero attached hydrogens (tertiary/aromatic N) is 1. The van der Waals surface area contributed by atoms with Crippen LogP contribution in [0.5, 0.6) is 0 Å². The van der Waals surface area contributed by atoms with Gasteiger partial charge in [0.25, 0.3) is 0 Å². The predicted molar refractivity (Wildman–Crippen MR) is 64.5 cm³/mol. The van der Waals surface area contributed by atoms with E-state index in [9.17, 15) is 22.9 Å². The van der Waals surface area contributed by atoms with Crippen LogP contribution in [0.2, 0.25) is 0 Å². The summed E-state index contributed by atoms with van der Waals surface area (Å²) in [7, 11) is -3.99. The summed E-state index contributed by atoms with van der Waals surface area (Å²) in [6, 6.07) is 1.78. The smallest absolute Gasteiger partial charge is 0.306 e. The summed E-state index contributed by atoms with van der Waals surface area (Å²) in [6.45, 7) is 1.33. The molecule has 1 atom stereocenters. The average molecular weight is 292 g/mol. The van der Waals surface area contributed by atoms with Crippen molar-refractivity contribution in [1.82, 2.24) is 4.72 Å². The van der Waals surface area contributed by atoms with Crippen molar-refractivity contribution in [2.75, 3.05) is 6.61 Å². The molecule has 0 aliphatic carbocycles. The highest BCUT2D eigenvalue weighted by molar-refractivity contribution is 7.89. The third kappa shape index (κ3) is 3.94. The van der Waals surface area contributed by atoms with Crippen molar-refractivity contribution in [3.8, 4) is 0 Å². The monoisotopic (exact) mass is 292 g/mol. The number of nitro groups is 1. The number of nitro benzene ring substituents is 1. The van der Waals surface area contributed by atoms with Gasteiger partial charge in [-0.15, -0.1) is 0 Å². The molecule has 106 valence electrons. The van der Waals surface area contributed by atoms with Crippen LogP contribution in [0.3, 0.4) is 0 Å². The summed E-state index contributed by atoms with van der Waals surface area (Å²) in [5.74, 6) is -1.10. The van der Waals surface area contributed by atoms with Crippen molar-refractivity contribution in [2.24, 2.45) is 0 Å². The van der Waals surface area contributed by atoms with Gasteiger partial charge in [0.05, 0.1) is 9.82 Å². The highest BCUT2D eigenvalue weighted by Crippen LogP contribution is 2.21. The van der Waals surface area contributed by atoms with E-state index in [1.54, 1.807) is 0 Å². The van der Waals surface area contributed by atoms with E-state index in [-0.39, 0.29) is 13.0 Å². The zero-order valence-corrected chi connectivity index (χ0v) is 10.9. The molecule has 0 heterocycles. The Hall–Kier alpha value is -1.58. The number of rotatable bonds is 6. The summed E-state index contributed by atoms with van der Waals surface area (Å²) < 4.78 is 39.1. The molecule has 0 fully saturated rings. The van der Waals surface area contributed by atoms with Crippen LogP contribution in [0.25, 0.3) is 0 Å². The first-order valence-electron chi connectivity index (χ1n) is 5.35. The zero-order chi connectivity index (χ0) is 14.6. The number of benzene rings is 1. The van der Waals surface area contributed by atoms with E-state index in [4.69, 9.17) is 5.11 Å². The van der Waals surface area contributed by atoms with Gasteiger partial charge in [-0.05, 0) is 25.5 Å². The molecular formula is C10H13FN2O5S. The highest BCUT2D eigenvalue weighted by atomic mass is 32.2. The number of hydrogen-bond acceptors (Lipinski definition) is 5. The summed E-state index contributed by atoms with van der Waals surface area (Å²) >= 11 is 0. The lowest BCUT2D eigenvalue weighted by Crippen LogP contribution is -2.33. The minimum absolute atomic E-state index is 0.197. The Kier molecular flexibility index (Phi) is 4.92. The molecule has 0 aliphatic heterocycles. The molecule has 1 rings (SSSR count). The fourth-order valence-electron chi connectivity index (χ4n) is 1.39. The summed E-state index contributed by atoms with van der Waals surface area (Å²) in [5.41, 5.74) is -0.905. The minimum atomic E-state index is -3.99. The van der Waals surface area contributed by atoms with Crippen molar-refractivity contribution >= 4 is 15.7 Å². The topological polar surface area (TPSA) is 110 Å². The Labute approximate surface area is 109 Å². The van der Waals surface area contributed by atoms with Crippen LogP contribution >= 0.6 is 0 Å². The normalized spacial score (nSPS) is 13.2. The maximum atomic E-state index is 13.1. The Bertz CT molecular complexity index is 575. The lowest BCUT2D eigenvalue weighted by Gasteiger charge is -2.12. The third-order valence-corrected chi connectivity index (χ3v) is 3.93. The molecule has 19 heavy (non-hydrogen) atoms. The van der Waals surface area contributed by atoms with E-state index in [0.29, 0.717) is 6.07 Å². The second-order valence-corrected chi connectivity index (χ2v) is 5.62. The van der Waals surface area contributed by atoms with Gasteiger partial charge in [0.15, 0.2) is 0 Å². The molecule has 0 amide bonds. The predicted octanol–water partition coefficient (Wildman–Crippen LogP) is 0.783. The number of halogens is 1. The molecule has 0 aliphatic rings. The first-order valence-corrected chi connectivity index (χ1v) is 6.83. The fraction of sp³-hybridized carbons (Fsp3) is 0.400. The second-order valence-electron chi connectivity index (χ2n) is 3.90. The van der Waals surface area contributed by atoms with E-state index in [1.165, 1.54) is 6.92 Å². The van der Waals surface area contributed by atoms with Crippen molar-refractivity contribution in [3.63, 3.8) is 0 Å². The number of sulfonamides is 1. The summed E-state index contributed by atoms with van der Waals surface area (Å²) in [5, 5.41) is 19.2. The maximum Gasteiger partial charge on any atom is 0.306 e. The second kappa shape index (κ2) is 6.04. The van der Waals surface area contributed by atoms with E-state index >= 15 is 0 Å². The number of hydrogen-bond donors (Lipinski definition) is 2. The first kappa shape index (κ1) is 15.5. The molecule has 0 spiro atoms. The van der Waals surface area contributed by atoms with Gasteiger partial charge in [-0.2, -0.15) is 4.39 Å². The first-order chi connectivity index (χ1) is 8.77. The van der Waals surface area contributed by atoms with Gasteiger partial charge in [-0.25, -0.2) is 13.1 Å². The largest absolute Gasteiger partial charge is 0.396 e. The van der Waals surface area contributed by atoms with Crippen molar-refractivity contribution in [1.29, 1.82) is 0 Å². The fourth-order valence-corrected chi connectivity index (χ4v) is 2.68. The number of nitrogens with one attached hydrogen (secondary N) is 1. The van der Waals surface area contributed by atoms with Crippen molar-refractivity contribution in [3.05, 3.63) is 34.1 Å². The van der Waals surface area contributed by atoms with Crippen LogP contribution in [0, 0.1) is 15.9 Å².